The molecule has 0 nitrogen and oxygen atoms in total. The molecule has 0 heterocycles. The van der Waals surface area contributed by atoms with Gasteiger partial charge in [0.2, 0.25) is 0 Å². The summed E-state index contributed by atoms with van der Waals surface area (Å²) in [5.41, 5.74) is 4.44. The fraction of sp³-hybridized carbons (Fsp3) is 0.867. The van der Waals surface area contributed by atoms with Gasteiger partial charge >= 0.3 is 0 Å². The van der Waals surface area contributed by atoms with Gasteiger partial charge in [0, 0.05) is 0 Å². The van der Waals surface area contributed by atoms with E-state index in [0.717, 1.165) is 5.92 Å². The molecule has 0 aliphatic heterocycles. The summed E-state index contributed by atoms with van der Waals surface area (Å²) >= 11 is 0. The van der Waals surface area contributed by atoms with Gasteiger partial charge in [-0.05, 0) is 49.9 Å². The van der Waals surface area contributed by atoms with Gasteiger partial charge in [-0.15, -0.1) is 0 Å². The van der Waals surface area contributed by atoms with E-state index in [-0.39, 0.29) is 0 Å². The maximum Gasteiger partial charge on any atom is -0.00602 e. The third-order valence-electron chi connectivity index (χ3n) is 6.15. The van der Waals surface area contributed by atoms with Crippen molar-refractivity contribution in [2.24, 2.45) is 16.7 Å². The molecule has 0 heteroatoms. The van der Waals surface area contributed by atoms with Gasteiger partial charge in [-0.25, -0.2) is 0 Å². The lowest BCUT2D eigenvalue weighted by Gasteiger charge is -2.58. The Kier molecular flexibility index (Phi) is 2.52. The predicted molar refractivity (Wildman–Crippen MR) is 66.8 cm³/mol. The largest absolute Gasteiger partial charge is 0.0738 e. The summed E-state index contributed by atoms with van der Waals surface area (Å²) in [6, 6.07) is 0. The molecule has 2 aliphatic rings. The number of hydrogen-bond acceptors (Lipinski definition) is 0. The first-order valence-corrected chi connectivity index (χ1v) is 6.58. The molecular formula is C15H26. The summed E-state index contributed by atoms with van der Waals surface area (Å²) in [4.78, 5) is 0. The van der Waals surface area contributed by atoms with Crippen molar-refractivity contribution in [1.82, 2.24) is 0 Å². The number of hydrogen-bond donors (Lipinski definition) is 0. The molecule has 0 aromatic heterocycles. The first kappa shape index (κ1) is 11.2. The first-order valence-electron chi connectivity index (χ1n) is 6.58. The van der Waals surface area contributed by atoms with Crippen molar-refractivity contribution in [2.45, 2.75) is 66.7 Å². The molecule has 0 saturated heterocycles. The van der Waals surface area contributed by atoms with Gasteiger partial charge in [-0.2, -0.15) is 0 Å². The second kappa shape index (κ2) is 3.37. The van der Waals surface area contributed by atoms with Crippen LogP contribution in [0.1, 0.15) is 66.7 Å². The van der Waals surface area contributed by atoms with Crippen molar-refractivity contribution in [2.75, 3.05) is 0 Å². The van der Waals surface area contributed by atoms with Gasteiger partial charge in [0.05, 0.1) is 0 Å². The van der Waals surface area contributed by atoms with E-state index in [0.29, 0.717) is 10.8 Å². The van der Waals surface area contributed by atoms with Crippen LogP contribution in [0, 0.1) is 16.7 Å². The predicted octanol–water partition coefficient (Wildman–Crippen LogP) is 4.95. The molecule has 15 heavy (non-hydrogen) atoms. The SMILES string of the molecule is CC1=C(C)C2(C)CCCC(C)[C@]2(C)CC1. The molecule has 2 unspecified atom stereocenters. The number of rotatable bonds is 0. The van der Waals surface area contributed by atoms with Gasteiger partial charge in [-0.3, -0.25) is 0 Å². The quantitative estimate of drug-likeness (QED) is 0.492. The zero-order valence-electron chi connectivity index (χ0n) is 11.1. The molecule has 0 spiro atoms. The third-order valence-corrected chi connectivity index (χ3v) is 6.15. The van der Waals surface area contributed by atoms with Crippen molar-refractivity contribution in [3.05, 3.63) is 11.1 Å². The van der Waals surface area contributed by atoms with Gasteiger partial charge in [-0.1, -0.05) is 44.8 Å². The normalized spacial score (nSPS) is 46.6. The maximum atomic E-state index is 2.55. The highest BCUT2D eigenvalue weighted by Crippen LogP contribution is 2.62. The minimum Gasteiger partial charge on any atom is -0.0738 e. The molecule has 0 aromatic rings. The Balaban J connectivity index is 2.48. The molecule has 86 valence electrons. The average molecular weight is 206 g/mol. The summed E-state index contributed by atoms with van der Waals surface area (Å²) in [5.74, 6) is 0.902. The Hall–Kier alpha value is -0.260. The summed E-state index contributed by atoms with van der Waals surface area (Å²) in [5, 5.41) is 0. The summed E-state index contributed by atoms with van der Waals surface area (Å²) in [6.45, 7) is 12.3. The summed E-state index contributed by atoms with van der Waals surface area (Å²) in [6.07, 6.45) is 7.03. The van der Waals surface area contributed by atoms with Crippen LogP contribution in [-0.4, -0.2) is 0 Å². The van der Waals surface area contributed by atoms with Crippen LogP contribution in [0.3, 0.4) is 0 Å². The van der Waals surface area contributed by atoms with E-state index < -0.39 is 0 Å². The first-order chi connectivity index (χ1) is 6.92. The van der Waals surface area contributed by atoms with E-state index in [1.54, 1.807) is 11.1 Å². The number of fused-ring (bicyclic) bond motifs is 1. The van der Waals surface area contributed by atoms with Crippen LogP contribution in [-0.2, 0) is 0 Å². The van der Waals surface area contributed by atoms with Crippen LogP contribution in [0.5, 0.6) is 0 Å². The Bertz CT molecular complexity index is 299. The van der Waals surface area contributed by atoms with Gasteiger partial charge in [0.15, 0.2) is 0 Å². The van der Waals surface area contributed by atoms with Crippen molar-refractivity contribution in [3.8, 4) is 0 Å². The van der Waals surface area contributed by atoms with Crippen molar-refractivity contribution in [3.63, 3.8) is 0 Å². The van der Waals surface area contributed by atoms with Gasteiger partial charge in [0.25, 0.3) is 0 Å². The Morgan fingerprint density at radius 1 is 1.13 bits per heavy atom. The summed E-state index contributed by atoms with van der Waals surface area (Å²) < 4.78 is 0. The molecule has 0 N–H and O–H groups in total. The standard InChI is InChI=1S/C15H26/c1-11-8-10-14(4)12(2)7-6-9-15(14,5)13(11)3/h12H,6-10H2,1-5H3/t12?,14-,15?/m0/s1. The molecular weight excluding hydrogens is 180 g/mol. The minimum absolute atomic E-state index is 0.493. The van der Waals surface area contributed by atoms with Gasteiger partial charge in [0.1, 0.15) is 0 Å². The van der Waals surface area contributed by atoms with Crippen LogP contribution in [0.15, 0.2) is 11.1 Å². The van der Waals surface area contributed by atoms with Crippen LogP contribution >= 0.6 is 0 Å². The molecule has 0 bridgehead atoms. The highest BCUT2D eigenvalue weighted by Gasteiger charge is 2.52. The summed E-state index contributed by atoms with van der Waals surface area (Å²) in [7, 11) is 0. The molecule has 2 aliphatic carbocycles. The maximum absolute atomic E-state index is 2.55. The molecule has 0 amide bonds. The van der Waals surface area contributed by atoms with E-state index in [9.17, 15) is 0 Å². The molecule has 0 radical (unpaired) electrons. The van der Waals surface area contributed by atoms with Crippen molar-refractivity contribution < 1.29 is 0 Å². The third kappa shape index (κ3) is 1.33. The Morgan fingerprint density at radius 2 is 1.80 bits per heavy atom. The monoisotopic (exact) mass is 206 g/mol. The van der Waals surface area contributed by atoms with Crippen LogP contribution in [0.2, 0.25) is 0 Å². The van der Waals surface area contributed by atoms with E-state index in [1.165, 1.54) is 32.1 Å². The molecule has 3 atom stereocenters. The molecule has 1 saturated carbocycles. The molecule has 0 aromatic carbocycles. The lowest BCUT2D eigenvalue weighted by atomic mass is 9.47. The van der Waals surface area contributed by atoms with Crippen LogP contribution in [0.4, 0.5) is 0 Å². The van der Waals surface area contributed by atoms with E-state index in [1.807, 2.05) is 0 Å². The fourth-order valence-electron chi connectivity index (χ4n) is 4.15. The van der Waals surface area contributed by atoms with Gasteiger partial charge < -0.3 is 0 Å². The van der Waals surface area contributed by atoms with E-state index >= 15 is 0 Å². The van der Waals surface area contributed by atoms with E-state index in [4.69, 9.17) is 0 Å². The zero-order chi connectivity index (χ0) is 11.3. The zero-order valence-corrected chi connectivity index (χ0v) is 11.1. The second-order valence-corrected chi connectivity index (χ2v) is 6.45. The number of allylic oxidation sites excluding steroid dienone is 2. The lowest BCUT2D eigenvalue weighted by molar-refractivity contribution is -0.0205. The fourth-order valence-corrected chi connectivity index (χ4v) is 4.15. The highest BCUT2D eigenvalue weighted by molar-refractivity contribution is 5.27. The smallest absolute Gasteiger partial charge is 0.00602 e. The Morgan fingerprint density at radius 3 is 2.47 bits per heavy atom. The Labute approximate surface area is 95.1 Å². The molecule has 1 fully saturated rings. The lowest BCUT2D eigenvalue weighted by Crippen LogP contribution is -2.48. The van der Waals surface area contributed by atoms with Crippen molar-refractivity contribution >= 4 is 0 Å². The second-order valence-electron chi connectivity index (χ2n) is 6.45. The molecule has 2 rings (SSSR count). The highest BCUT2D eigenvalue weighted by atomic mass is 14.6. The minimum atomic E-state index is 0.493. The topological polar surface area (TPSA) is 0 Å². The van der Waals surface area contributed by atoms with Crippen LogP contribution in [0.25, 0.3) is 0 Å². The van der Waals surface area contributed by atoms with E-state index in [2.05, 4.69) is 34.6 Å². The van der Waals surface area contributed by atoms with Crippen molar-refractivity contribution in [1.29, 1.82) is 0 Å². The van der Waals surface area contributed by atoms with Crippen LogP contribution < -0.4 is 0 Å². The average Bonchev–Trinajstić information content (AvgIpc) is 2.20.